The lowest BCUT2D eigenvalue weighted by Crippen LogP contribution is -2.21. The van der Waals surface area contributed by atoms with Crippen molar-refractivity contribution in [2.24, 2.45) is 10.7 Å². The molecule has 0 fully saturated rings. The number of hydrogen-bond donors (Lipinski definition) is 1. The van der Waals surface area contributed by atoms with Crippen LogP contribution in [0.25, 0.3) is 0 Å². The Morgan fingerprint density at radius 1 is 0.947 bits per heavy atom. The summed E-state index contributed by atoms with van der Waals surface area (Å²) in [5.74, 6) is 0.0818. The molecule has 1 aliphatic rings. The molecule has 2 N–H and O–H groups in total. The molecular weight excluding hydrogens is 238 g/mol. The molecule has 1 aliphatic heterocycles. The molecule has 0 saturated heterocycles. The Balaban J connectivity index is 2.23. The number of aliphatic imine (C=N–C) groups is 1. The molecule has 1 heterocycles. The quantitative estimate of drug-likeness (QED) is 0.846. The smallest absolute Gasteiger partial charge is 0.111 e. The van der Waals surface area contributed by atoms with Crippen molar-refractivity contribution in [2.45, 2.75) is 0 Å². The minimum atomic E-state index is 0.0818. The van der Waals surface area contributed by atoms with E-state index in [0.717, 1.165) is 16.8 Å². The first-order valence-electron chi connectivity index (χ1n) is 5.93. The van der Waals surface area contributed by atoms with Crippen LogP contribution in [0.3, 0.4) is 0 Å². The highest BCUT2D eigenvalue weighted by molar-refractivity contribution is 6.16. The predicted molar refractivity (Wildman–Crippen MR) is 76.6 cm³/mol. The minimum absolute atomic E-state index is 0.0818. The monoisotopic (exact) mass is 250 g/mol. The highest BCUT2D eigenvalue weighted by Gasteiger charge is 2.15. The number of para-hydroxylation sites is 1. The third-order valence-corrected chi connectivity index (χ3v) is 2.99. The van der Waals surface area contributed by atoms with Crippen molar-refractivity contribution < 1.29 is 0 Å². The third kappa shape index (κ3) is 1.98. The molecule has 0 unspecified atom stereocenters. The van der Waals surface area contributed by atoms with E-state index in [9.17, 15) is 5.21 Å². The molecule has 4 nitrogen and oxygen atoms in total. The van der Waals surface area contributed by atoms with E-state index < -0.39 is 0 Å². The van der Waals surface area contributed by atoms with Crippen molar-refractivity contribution in [1.29, 1.82) is 0 Å². The van der Waals surface area contributed by atoms with Gasteiger partial charge in [0.05, 0.1) is 11.9 Å². The Morgan fingerprint density at radius 3 is 2.42 bits per heavy atom. The van der Waals surface area contributed by atoms with Gasteiger partial charge in [-0.2, -0.15) is 0 Å². The molecule has 0 saturated carbocycles. The summed E-state index contributed by atoms with van der Waals surface area (Å²) in [5, 5.41) is 12.8. The van der Waals surface area contributed by atoms with E-state index in [1.807, 2.05) is 48.5 Å². The Bertz CT molecular complexity index is 662. The Labute approximate surface area is 111 Å². The van der Waals surface area contributed by atoms with Crippen molar-refractivity contribution in [3.8, 4) is 0 Å². The number of fused-ring (bicyclic) bond motifs is 1. The van der Waals surface area contributed by atoms with Crippen LogP contribution in [0.1, 0.15) is 11.1 Å². The number of hydroxylamine groups is 1. The number of nitrogens with zero attached hydrogens (tertiary/aromatic N) is 2. The zero-order valence-corrected chi connectivity index (χ0v) is 10.2. The standard InChI is InChI=1S/C15H12N3O/c16-14-10-17-15(11-6-2-1-3-7-11)12-8-4-5-9-13(12)18(14)19/h1-10H,16H2/q-1. The van der Waals surface area contributed by atoms with E-state index in [2.05, 4.69) is 4.99 Å². The summed E-state index contributed by atoms with van der Waals surface area (Å²) in [5.41, 5.74) is 8.69. The number of rotatable bonds is 1. The molecule has 0 atom stereocenters. The van der Waals surface area contributed by atoms with E-state index in [0.29, 0.717) is 10.8 Å². The maximum Gasteiger partial charge on any atom is 0.111 e. The van der Waals surface area contributed by atoms with Crippen LogP contribution in [0.2, 0.25) is 0 Å². The molecule has 0 aromatic heterocycles. The largest absolute Gasteiger partial charge is 0.753 e. The van der Waals surface area contributed by atoms with Gasteiger partial charge in [0.25, 0.3) is 0 Å². The molecule has 0 radical (unpaired) electrons. The summed E-state index contributed by atoms with van der Waals surface area (Å²) >= 11 is 0. The third-order valence-electron chi connectivity index (χ3n) is 2.99. The number of benzene rings is 2. The van der Waals surface area contributed by atoms with Gasteiger partial charge in [0.1, 0.15) is 5.82 Å². The molecule has 0 bridgehead atoms. The van der Waals surface area contributed by atoms with Gasteiger partial charge < -0.3 is 16.0 Å². The van der Waals surface area contributed by atoms with Crippen molar-refractivity contribution in [3.05, 3.63) is 83.0 Å². The van der Waals surface area contributed by atoms with E-state index in [-0.39, 0.29) is 5.82 Å². The molecule has 0 spiro atoms. The Kier molecular flexibility index (Phi) is 2.78. The first kappa shape index (κ1) is 11.5. The van der Waals surface area contributed by atoms with E-state index in [1.165, 1.54) is 6.20 Å². The number of anilines is 1. The first-order valence-corrected chi connectivity index (χ1v) is 5.93. The normalized spacial score (nSPS) is 14.3. The summed E-state index contributed by atoms with van der Waals surface area (Å²) in [7, 11) is 0. The Morgan fingerprint density at radius 2 is 1.63 bits per heavy atom. The van der Waals surface area contributed by atoms with Crippen LogP contribution in [0.5, 0.6) is 0 Å². The lowest BCUT2D eigenvalue weighted by atomic mass is 10.0. The molecule has 2 aromatic carbocycles. The van der Waals surface area contributed by atoms with Crippen molar-refractivity contribution in [2.75, 3.05) is 5.06 Å². The molecule has 2 aromatic rings. The molecule has 0 amide bonds. The maximum absolute atomic E-state index is 12.1. The second-order valence-corrected chi connectivity index (χ2v) is 4.21. The average Bonchev–Trinajstić information content (AvgIpc) is 2.59. The molecule has 3 rings (SSSR count). The SMILES string of the molecule is NC1=CN=C(c2ccccc2)c2ccccc2N1[O-]. The highest BCUT2D eigenvalue weighted by Crippen LogP contribution is 2.27. The van der Waals surface area contributed by atoms with Gasteiger partial charge in [-0.05, 0) is 6.07 Å². The maximum atomic E-state index is 12.1. The van der Waals surface area contributed by atoms with Crippen LogP contribution in [-0.2, 0) is 0 Å². The summed E-state index contributed by atoms with van der Waals surface area (Å²) < 4.78 is 0. The molecular formula is C15H12N3O-. The molecule has 94 valence electrons. The fourth-order valence-electron chi connectivity index (χ4n) is 2.07. The second-order valence-electron chi connectivity index (χ2n) is 4.21. The van der Waals surface area contributed by atoms with E-state index >= 15 is 0 Å². The molecule has 4 heteroatoms. The summed E-state index contributed by atoms with van der Waals surface area (Å²) in [6, 6.07) is 17.0. The fourth-order valence-corrected chi connectivity index (χ4v) is 2.07. The summed E-state index contributed by atoms with van der Waals surface area (Å²) in [6.45, 7) is 0. The van der Waals surface area contributed by atoms with Crippen LogP contribution >= 0.6 is 0 Å². The lowest BCUT2D eigenvalue weighted by molar-refractivity contribution is 1.11. The number of hydrogen-bond acceptors (Lipinski definition) is 4. The summed E-state index contributed by atoms with van der Waals surface area (Å²) in [4.78, 5) is 4.35. The lowest BCUT2D eigenvalue weighted by Gasteiger charge is -2.30. The zero-order valence-electron chi connectivity index (χ0n) is 10.2. The average molecular weight is 250 g/mol. The summed E-state index contributed by atoms with van der Waals surface area (Å²) in [6.07, 6.45) is 1.40. The van der Waals surface area contributed by atoms with Gasteiger partial charge in [0, 0.05) is 16.8 Å². The van der Waals surface area contributed by atoms with E-state index in [4.69, 9.17) is 5.73 Å². The van der Waals surface area contributed by atoms with Crippen LogP contribution in [0.15, 0.2) is 71.6 Å². The van der Waals surface area contributed by atoms with Crippen molar-refractivity contribution in [1.82, 2.24) is 0 Å². The Hall–Kier alpha value is -2.59. The first-order chi connectivity index (χ1) is 9.27. The van der Waals surface area contributed by atoms with Gasteiger partial charge in [0.2, 0.25) is 0 Å². The van der Waals surface area contributed by atoms with Gasteiger partial charge in [-0.25, -0.2) is 0 Å². The van der Waals surface area contributed by atoms with Crippen molar-refractivity contribution >= 4 is 11.4 Å². The molecule has 0 aliphatic carbocycles. The van der Waals surface area contributed by atoms with Gasteiger partial charge in [-0.1, -0.05) is 48.5 Å². The van der Waals surface area contributed by atoms with E-state index in [1.54, 1.807) is 6.07 Å². The minimum Gasteiger partial charge on any atom is -0.753 e. The molecule has 19 heavy (non-hydrogen) atoms. The highest BCUT2D eigenvalue weighted by atomic mass is 16.5. The van der Waals surface area contributed by atoms with Gasteiger partial charge in [0.15, 0.2) is 0 Å². The zero-order chi connectivity index (χ0) is 13.2. The predicted octanol–water partition coefficient (Wildman–Crippen LogP) is 2.60. The van der Waals surface area contributed by atoms with Crippen molar-refractivity contribution in [3.63, 3.8) is 0 Å². The van der Waals surface area contributed by atoms with Crippen LogP contribution in [0, 0.1) is 5.21 Å². The topological polar surface area (TPSA) is 64.7 Å². The number of nitrogens with two attached hydrogens (primary N) is 1. The van der Waals surface area contributed by atoms with Crippen LogP contribution in [-0.4, -0.2) is 5.71 Å². The van der Waals surface area contributed by atoms with Gasteiger partial charge in [-0.3, -0.25) is 4.99 Å². The van der Waals surface area contributed by atoms with Crippen LogP contribution in [0.4, 0.5) is 5.69 Å². The fraction of sp³-hybridized carbons (Fsp3) is 0. The second kappa shape index (κ2) is 4.59. The van der Waals surface area contributed by atoms with Crippen LogP contribution < -0.4 is 10.8 Å². The van der Waals surface area contributed by atoms with Gasteiger partial charge >= 0.3 is 0 Å². The van der Waals surface area contributed by atoms with Gasteiger partial charge in [-0.15, -0.1) is 0 Å².